The Morgan fingerprint density at radius 3 is 2.75 bits per heavy atom. The third kappa shape index (κ3) is 2.91. The van der Waals surface area contributed by atoms with Gasteiger partial charge in [0.05, 0.1) is 5.69 Å². The van der Waals surface area contributed by atoms with Crippen molar-refractivity contribution in [2.45, 2.75) is 13.5 Å². The number of rotatable bonds is 4. The number of thiocarbonyl (C=S) groups is 1. The van der Waals surface area contributed by atoms with Gasteiger partial charge in [0, 0.05) is 24.2 Å². The van der Waals surface area contributed by atoms with Crippen LogP contribution in [0, 0.1) is 12.7 Å². The van der Waals surface area contributed by atoms with E-state index < -0.39 is 5.82 Å². The van der Waals surface area contributed by atoms with Crippen LogP contribution in [0.15, 0.2) is 18.2 Å². The number of hydrogen-bond acceptors (Lipinski definition) is 3. The fourth-order valence-electron chi connectivity index (χ4n) is 1.78. The van der Waals surface area contributed by atoms with Crippen LogP contribution in [-0.2, 0) is 13.7 Å². The number of nitrogens with two attached hydrogens (primary N) is 1. The summed E-state index contributed by atoms with van der Waals surface area (Å²) < 4.78 is 20.8. The summed E-state index contributed by atoms with van der Waals surface area (Å²) in [6.45, 7) is 2.05. The Morgan fingerprint density at radius 2 is 2.25 bits per heavy atom. The van der Waals surface area contributed by atoms with Crippen molar-refractivity contribution < 1.29 is 9.13 Å². The zero-order valence-electron chi connectivity index (χ0n) is 11.0. The quantitative estimate of drug-likeness (QED) is 0.882. The summed E-state index contributed by atoms with van der Waals surface area (Å²) >= 11 is 10.8. The molecule has 2 N–H and O–H groups in total. The predicted octanol–water partition coefficient (Wildman–Crippen LogP) is 2.73. The van der Waals surface area contributed by atoms with E-state index in [-0.39, 0.29) is 17.2 Å². The van der Waals surface area contributed by atoms with Crippen LogP contribution in [0.2, 0.25) is 5.15 Å². The predicted molar refractivity (Wildman–Crippen MR) is 79.6 cm³/mol. The molecule has 0 radical (unpaired) electrons. The van der Waals surface area contributed by atoms with E-state index in [0.29, 0.717) is 10.9 Å². The smallest absolute Gasteiger partial charge is 0.137 e. The van der Waals surface area contributed by atoms with Gasteiger partial charge in [-0.3, -0.25) is 4.68 Å². The topological polar surface area (TPSA) is 53.1 Å². The lowest BCUT2D eigenvalue weighted by Crippen LogP contribution is -2.11. The van der Waals surface area contributed by atoms with Gasteiger partial charge in [0.25, 0.3) is 0 Å². The van der Waals surface area contributed by atoms with Crippen LogP contribution < -0.4 is 10.5 Å². The normalized spacial score (nSPS) is 10.6. The first-order chi connectivity index (χ1) is 9.40. The second-order valence-electron chi connectivity index (χ2n) is 4.27. The first-order valence-corrected chi connectivity index (χ1v) is 6.59. The number of benzene rings is 1. The Kier molecular flexibility index (Phi) is 4.25. The molecule has 7 heteroatoms. The van der Waals surface area contributed by atoms with E-state index in [2.05, 4.69) is 5.10 Å². The molecular formula is C13H13ClFN3OS. The van der Waals surface area contributed by atoms with E-state index in [9.17, 15) is 4.39 Å². The van der Waals surface area contributed by atoms with E-state index in [0.717, 1.165) is 11.3 Å². The zero-order valence-corrected chi connectivity index (χ0v) is 12.6. The van der Waals surface area contributed by atoms with Crippen molar-refractivity contribution in [1.29, 1.82) is 0 Å². The molecule has 106 valence electrons. The van der Waals surface area contributed by atoms with Gasteiger partial charge in [-0.2, -0.15) is 5.10 Å². The molecule has 4 nitrogen and oxygen atoms in total. The van der Waals surface area contributed by atoms with Gasteiger partial charge in [-0.1, -0.05) is 23.8 Å². The molecule has 0 atom stereocenters. The highest BCUT2D eigenvalue weighted by atomic mass is 35.5. The minimum atomic E-state index is -0.510. The maximum absolute atomic E-state index is 13.7. The van der Waals surface area contributed by atoms with Gasteiger partial charge in [-0.25, -0.2) is 4.39 Å². The van der Waals surface area contributed by atoms with Gasteiger partial charge in [0.15, 0.2) is 0 Å². The van der Waals surface area contributed by atoms with Crippen molar-refractivity contribution in [1.82, 2.24) is 9.78 Å². The fraction of sp³-hybridized carbons (Fsp3) is 0.231. The first kappa shape index (κ1) is 14.7. The molecule has 0 saturated carbocycles. The maximum Gasteiger partial charge on any atom is 0.137 e. The molecule has 2 aromatic rings. The number of aromatic nitrogens is 2. The Morgan fingerprint density at radius 1 is 1.55 bits per heavy atom. The van der Waals surface area contributed by atoms with Gasteiger partial charge in [-0.05, 0) is 19.1 Å². The van der Waals surface area contributed by atoms with E-state index in [1.807, 2.05) is 6.92 Å². The Balaban J connectivity index is 2.15. The van der Waals surface area contributed by atoms with Crippen molar-refractivity contribution in [3.8, 4) is 5.75 Å². The monoisotopic (exact) mass is 313 g/mol. The van der Waals surface area contributed by atoms with Crippen molar-refractivity contribution in [3.05, 3.63) is 46.0 Å². The highest BCUT2D eigenvalue weighted by Gasteiger charge is 2.12. The van der Waals surface area contributed by atoms with E-state index in [1.165, 1.54) is 12.1 Å². The molecule has 0 amide bonds. The lowest BCUT2D eigenvalue weighted by atomic mass is 10.2. The molecule has 0 aliphatic heterocycles. The highest BCUT2D eigenvalue weighted by molar-refractivity contribution is 7.80. The SMILES string of the molecule is Cc1nn(C)c(Cl)c1COc1ccc(C(N)=S)c(F)c1. The third-order valence-corrected chi connectivity index (χ3v) is 3.55. The van der Waals surface area contributed by atoms with Crippen molar-refractivity contribution in [2.75, 3.05) is 0 Å². The maximum atomic E-state index is 13.7. The molecule has 0 unspecified atom stereocenters. The molecular weight excluding hydrogens is 301 g/mol. The third-order valence-electron chi connectivity index (χ3n) is 2.86. The van der Waals surface area contributed by atoms with Crippen molar-refractivity contribution in [2.24, 2.45) is 12.8 Å². The molecule has 0 aliphatic rings. The lowest BCUT2D eigenvalue weighted by Gasteiger charge is -2.08. The van der Waals surface area contributed by atoms with Crippen LogP contribution in [0.1, 0.15) is 16.8 Å². The fourth-order valence-corrected chi connectivity index (χ4v) is 2.17. The van der Waals surface area contributed by atoms with Crippen LogP contribution in [0.5, 0.6) is 5.75 Å². The Bertz CT molecular complexity index is 672. The molecule has 0 aliphatic carbocycles. The minimum absolute atomic E-state index is 0.0141. The summed E-state index contributed by atoms with van der Waals surface area (Å²) in [6, 6.07) is 4.34. The first-order valence-electron chi connectivity index (χ1n) is 5.80. The van der Waals surface area contributed by atoms with Crippen LogP contribution in [0.25, 0.3) is 0 Å². The minimum Gasteiger partial charge on any atom is -0.489 e. The molecule has 1 aromatic heterocycles. The van der Waals surface area contributed by atoms with Crippen molar-refractivity contribution in [3.63, 3.8) is 0 Å². The molecule has 2 rings (SSSR count). The Labute approximate surface area is 126 Å². The number of aryl methyl sites for hydroxylation is 2. The average molecular weight is 314 g/mol. The molecule has 0 saturated heterocycles. The zero-order chi connectivity index (χ0) is 14.9. The average Bonchev–Trinajstić information content (AvgIpc) is 2.61. The van der Waals surface area contributed by atoms with Gasteiger partial charge in [-0.15, -0.1) is 0 Å². The van der Waals surface area contributed by atoms with E-state index in [4.69, 9.17) is 34.3 Å². The summed E-state index contributed by atoms with van der Waals surface area (Å²) in [5, 5.41) is 4.68. The summed E-state index contributed by atoms with van der Waals surface area (Å²) in [4.78, 5) is 0.0141. The van der Waals surface area contributed by atoms with Crippen LogP contribution in [0.4, 0.5) is 4.39 Å². The largest absolute Gasteiger partial charge is 0.489 e. The second-order valence-corrected chi connectivity index (χ2v) is 5.07. The molecule has 1 aromatic carbocycles. The molecule has 0 bridgehead atoms. The number of halogens is 2. The number of ether oxygens (including phenoxy) is 1. The van der Waals surface area contributed by atoms with Gasteiger partial charge >= 0.3 is 0 Å². The van der Waals surface area contributed by atoms with Gasteiger partial charge < -0.3 is 10.5 Å². The van der Waals surface area contributed by atoms with Gasteiger partial charge in [0.1, 0.15) is 28.3 Å². The van der Waals surface area contributed by atoms with Crippen LogP contribution in [0.3, 0.4) is 0 Å². The van der Waals surface area contributed by atoms with E-state index in [1.54, 1.807) is 17.8 Å². The summed E-state index contributed by atoms with van der Waals surface area (Å²) in [7, 11) is 1.75. The molecule has 0 fully saturated rings. The van der Waals surface area contributed by atoms with Gasteiger partial charge in [0.2, 0.25) is 0 Å². The number of nitrogens with zero attached hydrogens (tertiary/aromatic N) is 2. The summed E-state index contributed by atoms with van der Waals surface area (Å²) in [5.41, 5.74) is 7.14. The number of hydrogen-bond donors (Lipinski definition) is 1. The second kappa shape index (κ2) is 5.76. The summed E-state index contributed by atoms with van der Waals surface area (Å²) in [5.74, 6) is -0.133. The molecule has 0 spiro atoms. The molecule has 20 heavy (non-hydrogen) atoms. The summed E-state index contributed by atoms with van der Waals surface area (Å²) in [6.07, 6.45) is 0. The van der Waals surface area contributed by atoms with Crippen molar-refractivity contribution >= 4 is 28.8 Å². The Hall–Kier alpha value is -1.66. The van der Waals surface area contributed by atoms with Crippen LogP contribution in [-0.4, -0.2) is 14.8 Å². The molecule has 1 heterocycles. The standard InChI is InChI=1S/C13H13ClFN3OS/c1-7-10(12(14)18(2)17-7)6-19-8-3-4-9(13(16)20)11(15)5-8/h3-5H,6H2,1-2H3,(H2,16,20). The lowest BCUT2D eigenvalue weighted by molar-refractivity contribution is 0.304. The van der Waals surface area contributed by atoms with E-state index >= 15 is 0 Å². The highest BCUT2D eigenvalue weighted by Crippen LogP contribution is 2.22. The van der Waals surface area contributed by atoms with Crippen LogP contribution >= 0.6 is 23.8 Å².